The van der Waals surface area contributed by atoms with Gasteiger partial charge in [0.2, 0.25) is 5.91 Å². The molecule has 8 nitrogen and oxygen atoms in total. The molecule has 0 fully saturated rings. The van der Waals surface area contributed by atoms with Gasteiger partial charge in [-0.3, -0.25) is 9.59 Å². The Labute approximate surface area is 148 Å². The zero-order chi connectivity index (χ0) is 18.2. The van der Waals surface area contributed by atoms with Crippen LogP contribution in [-0.4, -0.2) is 53.4 Å². The molecule has 0 saturated carbocycles. The number of anilines is 1. The van der Waals surface area contributed by atoms with E-state index in [2.05, 4.69) is 15.6 Å². The van der Waals surface area contributed by atoms with E-state index in [1.54, 1.807) is 12.5 Å². The van der Waals surface area contributed by atoms with Crippen LogP contribution in [0, 0.1) is 0 Å². The second kappa shape index (κ2) is 9.11. The predicted octanol–water partition coefficient (Wildman–Crippen LogP) is 1.18. The van der Waals surface area contributed by atoms with Gasteiger partial charge in [-0.2, -0.15) is 0 Å². The molecule has 2 aromatic rings. The zero-order valence-corrected chi connectivity index (χ0v) is 14.4. The molecular weight excluding hydrogens is 346 g/mol. The summed E-state index contributed by atoms with van der Waals surface area (Å²) in [6.45, 7) is -0.0669. The van der Waals surface area contributed by atoms with Gasteiger partial charge in [-0.25, -0.2) is 4.98 Å². The van der Waals surface area contributed by atoms with Gasteiger partial charge in [0, 0.05) is 17.5 Å². The summed E-state index contributed by atoms with van der Waals surface area (Å²) < 4.78 is 5.11. The van der Waals surface area contributed by atoms with Crippen LogP contribution in [0.2, 0.25) is 0 Å². The van der Waals surface area contributed by atoms with Crippen molar-refractivity contribution in [2.24, 2.45) is 0 Å². The predicted molar refractivity (Wildman–Crippen MR) is 93.9 cm³/mol. The fourth-order valence-corrected chi connectivity index (χ4v) is 2.81. The number of hydrogen-bond acceptors (Lipinski definition) is 7. The number of aliphatic hydroxyl groups is 1. The van der Waals surface area contributed by atoms with Gasteiger partial charge in [-0.15, -0.1) is 11.3 Å². The Balaban J connectivity index is 2.04. The van der Waals surface area contributed by atoms with Crippen molar-refractivity contribution in [3.8, 4) is 17.0 Å². The van der Waals surface area contributed by atoms with Crippen molar-refractivity contribution in [2.45, 2.75) is 12.5 Å². The summed E-state index contributed by atoms with van der Waals surface area (Å²) in [5, 5.41) is 25.2. The van der Waals surface area contributed by atoms with Crippen LogP contribution in [0.1, 0.15) is 6.42 Å². The summed E-state index contributed by atoms with van der Waals surface area (Å²) in [4.78, 5) is 27.4. The number of benzene rings is 1. The number of methoxy groups -OCH3 is 1. The minimum Gasteiger partial charge on any atom is -0.497 e. The normalized spacial score (nSPS) is 11.8. The van der Waals surface area contributed by atoms with Crippen molar-refractivity contribution in [3.05, 3.63) is 29.6 Å². The number of hydrogen-bond donors (Lipinski definition) is 4. The first kappa shape index (κ1) is 18.8. The Morgan fingerprint density at radius 1 is 1.32 bits per heavy atom. The molecular formula is C16H19N3O5S. The third-order valence-corrected chi connectivity index (χ3v) is 4.08. The largest absolute Gasteiger partial charge is 0.497 e. The van der Waals surface area contributed by atoms with Gasteiger partial charge in [-0.05, 0) is 24.3 Å². The van der Waals surface area contributed by atoms with Gasteiger partial charge < -0.3 is 25.6 Å². The van der Waals surface area contributed by atoms with Crippen molar-refractivity contribution in [1.29, 1.82) is 0 Å². The van der Waals surface area contributed by atoms with Gasteiger partial charge in [0.25, 0.3) is 0 Å². The molecule has 0 aliphatic heterocycles. The molecule has 4 N–H and O–H groups in total. The van der Waals surface area contributed by atoms with Gasteiger partial charge >= 0.3 is 5.97 Å². The van der Waals surface area contributed by atoms with E-state index in [0.29, 0.717) is 10.8 Å². The highest BCUT2D eigenvalue weighted by Gasteiger charge is 2.22. The van der Waals surface area contributed by atoms with E-state index in [4.69, 9.17) is 14.9 Å². The van der Waals surface area contributed by atoms with Gasteiger partial charge in [0.15, 0.2) is 5.13 Å². The Morgan fingerprint density at radius 3 is 2.64 bits per heavy atom. The van der Waals surface area contributed by atoms with E-state index in [9.17, 15) is 9.59 Å². The second-order valence-electron chi connectivity index (χ2n) is 5.08. The highest BCUT2D eigenvalue weighted by atomic mass is 32.1. The maximum atomic E-state index is 12.2. The number of carbonyl (C=O) groups is 2. The highest BCUT2D eigenvalue weighted by Crippen LogP contribution is 2.26. The number of aliphatic carboxylic acids is 1. The second-order valence-corrected chi connectivity index (χ2v) is 5.94. The number of carboxylic acids is 1. The van der Waals surface area contributed by atoms with Crippen LogP contribution in [0.25, 0.3) is 11.3 Å². The molecule has 1 atom stereocenters. The molecule has 0 aliphatic rings. The van der Waals surface area contributed by atoms with Gasteiger partial charge in [0.1, 0.15) is 5.75 Å². The first-order chi connectivity index (χ1) is 12.0. The zero-order valence-electron chi connectivity index (χ0n) is 13.6. The van der Waals surface area contributed by atoms with Crippen LogP contribution < -0.4 is 15.4 Å². The molecule has 1 amide bonds. The van der Waals surface area contributed by atoms with Crippen molar-refractivity contribution in [1.82, 2.24) is 10.3 Å². The molecule has 0 aliphatic carbocycles. The number of carbonyl (C=O) groups excluding carboxylic acids is 1. The van der Waals surface area contributed by atoms with E-state index in [1.807, 2.05) is 24.3 Å². The average molecular weight is 365 g/mol. The number of aromatic nitrogens is 1. The SMILES string of the molecule is COc1ccc(-c2csc(NC(=O)[C@H](CC(=O)O)NCCO)n2)cc1. The molecule has 1 aromatic carbocycles. The number of ether oxygens (including phenoxy) is 1. The lowest BCUT2D eigenvalue weighted by Crippen LogP contribution is -2.43. The number of carboxylic acid groups (broad SMARTS) is 1. The first-order valence-corrected chi connectivity index (χ1v) is 8.38. The Morgan fingerprint density at radius 2 is 2.04 bits per heavy atom. The number of amides is 1. The molecule has 9 heteroatoms. The van der Waals surface area contributed by atoms with E-state index in [0.717, 1.165) is 11.3 Å². The molecule has 0 spiro atoms. The molecule has 1 aromatic heterocycles. The summed E-state index contributed by atoms with van der Waals surface area (Å²) >= 11 is 1.24. The van der Waals surface area contributed by atoms with Crippen LogP contribution in [0.15, 0.2) is 29.6 Å². The lowest BCUT2D eigenvalue weighted by atomic mass is 10.2. The monoisotopic (exact) mass is 365 g/mol. The van der Waals surface area contributed by atoms with Crippen LogP contribution in [0.5, 0.6) is 5.75 Å². The summed E-state index contributed by atoms with van der Waals surface area (Å²) in [7, 11) is 1.59. The maximum Gasteiger partial charge on any atom is 0.305 e. The summed E-state index contributed by atoms with van der Waals surface area (Å²) in [6.07, 6.45) is -0.386. The molecule has 2 rings (SSSR count). The molecule has 134 valence electrons. The smallest absolute Gasteiger partial charge is 0.305 e. The minimum absolute atomic E-state index is 0.125. The number of aliphatic hydroxyl groups excluding tert-OH is 1. The van der Waals surface area contributed by atoms with Crippen LogP contribution >= 0.6 is 11.3 Å². The number of nitrogens with zero attached hydrogens (tertiary/aromatic N) is 1. The van der Waals surface area contributed by atoms with Crippen LogP contribution in [0.3, 0.4) is 0 Å². The minimum atomic E-state index is -1.11. The molecule has 0 saturated heterocycles. The van der Waals surface area contributed by atoms with Crippen LogP contribution in [0.4, 0.5) is 5.13 Å². The summed E-state index contributed by atoms with van der Waals surface area (Å²) in [6, 6.07) is 6.40. The number of nitrogens with one attached hydrogen (secondary N) is 2. The standard InChI is InChI=1S/C16H19N3O5S/c1-24-11-4-2-10(3-5-11)13-9-25-16(18-13)19-15(23)12(8-14(21)22)17-6-7-20/h2-5,9,12,17,20H,6-8H2,1H3,(H,21,22)(H,18,19,23)/t12-/m0/s1. The number of rotatable bonds is 9. The van der Waals surface area contributed by atoms with Gasteiger partial charge in [-0.1, -0.05) is 0 Å². The van der Waals surface area contributed by atoms with E-state index in [1.165, 1.54) is 11.3 Å². The van der Waals surface area contributed by atoms with E-state index in [-0.39, 0.29) is 19.6 Å². The lowest BCUT2D eigenvalue weighted by Gasteiger charge is -2.14. The Kier molecular flexibility index (Phi) is 6.87. The topological polar surface area (TPSA) is 121 Å². The Bertz CT molecular complexity index is 717. The maximum absolute atomic E-state index is 12.2. The van der Waals surface area contributed by atoms with Crippen molar-refractivity contribution < 1.29 is 24.5 Å². The molecule has 25 heavy (non-hydrogen) atoms. The van der Waals surface area contributed by atoms with Crippen molar-refractivity contribution >= 4 is 28.3 Å². The quantitative estimate of drug-likeness (QED) is 0.526. The molecule has 0 unspecified atom stereocenters. The Hall–Kier alpha value is -2.49. The fourth-order valence-electron chi connectivity index (χ4n) is 2.09. The highest BCUT2D eigenvalue weighted by molar-refractivity contribution is 7.14. The van der Waals surface area contributed by atoms with Crippen molar-refractivity contribution in [3.63, 3.8) is 0 Å². The van der Waals surface area contributed by atoms with Crippen LogP contribution in [-0.2, 0) is 9.59 Å². The fraction of sp³-hybridized carbons (Fsp3) is 0.312. The average Bonchev–Trinajstić information content (AvgIpc) is 3.06. The van der Waals surface area contributed by atoms with E-state index >= 15 is 0 Å². The third-order valence-electron chi connectivity index (χ3n) is 3.32. The lowest BCUT2D eigenvalue weighted by molar-refractivity contribution is -0.139. The first-order valence-electron chi connectivity index (χ1n) is 7.50. The summed E-state index contributed by atoms with van der Waals surface area (Å²) in [5.74, 6) is -0.880. The molecule has 1 heterocycles. The molecule has 0 radical (unpaired) electrons. The van der Waals surface area contributed by atoms with Gasteiger partial charge in [0.05, 0.1) is 31.9 Å². The number of thiazole rings is 1. The van der Waals surface area contributed by atoms with Crippen molar-refractivity contribution in [2.75, 3.05) is 25.6 Å². The third kappa shape index (κ3) is 5.52. The van der Waals surface area contributed by atoms with E-state index < -0.39 is 17.9 Å². The molecule has 0 bridgehead atoms. The summed E-state index contributed by atoms with van der Waals surface area (Å²) in [5.41, 5.74) is 1.57.